The first-order valence-electron chi connectivity index (χ1n) is 13.7. The molecule has 1 N–H and O–H groups in total. The average Bonchev–Trinajstić information content (AvgIpc) is 3.09. The SMILES string of the molecule is [2H]C([2H])([2H])[C@@]([2H])(F)c1ccc(-c2ccc3cnc(CNC(=O)c4cc(Br)c5c(c4)S(=O)(=O)[C@@H](F)COC5)cc3n2)c(OC)n1. The summed E-state index contributed by atoms with van der Waals surface area (Å²) in [6.07, 6.45) is -1.92. The minimum atomic E-state index is -4.36. The molecule has 0 unspecified atom stereocenters. The lowest BCUT2D eigenvalue weighted by Crippen LogP contribution is -2.24. The predicted molar refractivity (Wildman–Crippen MR) is 146 cm³/mol. The number of rotatable bonds is 6. The molecule has 0 spiro atoms. The molecule has 2 atom stereocenters. The third-order valence-electron chi connectivity index (χ3n) is 6.17. The number of pyridine rings is 3. The Kier molecular flexibility index (Phi) is 6.46. The number of carbonyl (C=O) groups excluding carboxylic acids is 1. The monoisotopic (exact) mass is 636 g/mol. The lowest BCUT2D eigenvalue weighted by atomic mass is 10.1. The summed E-state index contributed by atoms with van der Waals surface area (Å²) >= 11 is 3.26. The summed E-state index contributed by atoms with van der Waals surface area (Å²) in [4.78, 5) is 25.5. The Morgan fingerprint density at radius 2 is 2.12 bits per heavy atom. The van der Waals surface area contributed by atoms with Gasteiger partial charge in [-0.25, -0.2) is 27.2 Å². The zero-order valence-electron chi connectivity index (χ0n) is 24.7. The van der Waals surface area contributed by atoms with Gasteiger partial charge < -0.3 is 14.8 Å². The molecule has 1 aliphatic heterocycles. The molecule has 4 heterocycles. The number of halogens is 3. The van der Waals surface area contributed by atoms with Crippen LogP contribution in [0.2, 0.25) is 0 Å². The first-order chi connectivity index (χ1) is 20.6. The van der Waals surface area contributed by atoms with Crippen molar-refractivity contribution in [3.8, 4) is 17.1 Å². The number of alkyl halides is 2. The Labute approximate surface area is 242 Å². The van der Waals surface area contributed by atoms with E-state index >= 15 is 0 Å². The van der Waals surface area contributed by atoms with E-state index in [4.69, 9.17) is 15.0 Å². The number of methoxy groups -OCH3 is 1. The van der Waals surface area contributed by atoms with Crippen LogP contribution in [0.5, 0.6) is 5.88 Å². The summed E-state index contributed by atoms with van der Waals surface area (Å²) in [5.41, 5.74) is -1.15. The van der Waals surface area contributed by atoms with Crippen LogP contribution in [0.3, 0.4) is 0 Å². The molecule has 9 nitrogen and oxygen atoms in total. The Morgan fingerprint density at radius 1 is 1.30 bits per heavy atom. The largest absolute Gasteiger partial charge is 0.480 e. The highest BCUT2D eigenvalue weighted by Gasteiger charge is 2.34. The van der Waals surface area contributed by atoms with E-state index in [0.717, 1.165) is 12.1 Å². The number of aromatic nitrogens is 3. The van der Waals surface area contributed by atoms with Crippen LogP contribution < -0.4 is 10.1 Å². The Morgan fingerprint density at radius 3 is 2.90 bits per heavy atom. The minimum Gasteiger partial charge on any atom is -0.480 e. The number of ether oxygens (including phenoxy) is 2. The fourth-order valence-corrected chi connectivity index (χ4v) is 6.17. The van der Waals surface area contributed by atoms with Gasteiger partial charge in [0.05, 0.1) is 61.3 Å². The second-order valence-corrected chi connectivity index (χ2v) is 11.6. The summed E-state index contributed by atoms with van der Waals surface area (Å²) in [7, 11) is -3.10. The number of hydrogen-bond donors (Lipinski definition) is 1. The molecule has 0 aliphatic carbocycles. The van der Waals surface area contributed by atoms with Gasteiger partial charge in [0.2, 0.25) is 21.2 Å². The molecule has 1 amide bonds. The highest BCUT2D eigenvalue weighted by Crippen LogP contribution is 2.33. The first kappa shape index (κ1) is 23.2. The maximum atomic E-state index is 14.7. The molecular formula is C27H23BrF2N4O5S. The smallest absolute Gasteiger partial charge is 0.251 e. The van der Waals surface area contributed by atoms with E-state index in [0.29, 0.717) is 27.9 Å². The molecule has 3 aromatic heterocycles. The molecule has 0 saturated heterocycles. The normalized spacial score (nSPS) is 19.6. The minimum absolute atomic E-state index is 0.0130. The number of hydrogen-bond acceptors (Lipinski definition) is 8. The van der Waals surface area contributed by atoms with Gasteiger partial charge in [0, 0.05) is 31.3 Å². The lowest BCUT2D eigenvalue weighted by molar-refractivity contribution is 0.0946. The molecule has 13 heteroatoms. The molecule has 0 saturated carbocycles. The van der Waals surface area contributed by atoms with Gasteiger partial charge in [0.25, 0.3) is 5.91 Å². The number of sulfone groups is 1. The van der Waals surface area contributed by atoms with E-state index in [1.165, 1.54) is 25.4 Å². The Bertz CT molecular complexity index is 1900. The second-order valence-electron chi connectivity index (χ2n) is 8.72. The summed E-state index contributed by atoms with van der Waals surface area (Å²) in [6.45, 7) is -4.08. The van der Waals surface area contributed by atoms with Gasteiger partial charge in [0.1, 0.15) is 6.15 Å². The fraction of sp³-hybridized carbons (Fsp3) is 0.259. The zero-order chi connectivity index (χ0) is 32.0. The topological polar surface area (TPSA) is 120 Å². The van der Waals surface area contributed by atoms with Crippen molar-refractivity contribution in [2.45, 2.75) is 36.6 Å². The van der Waals surface area contributed by atoms with Crippen molar-refractivity contribution in [1.29, 1.82) is 0 Å². The Hall–Kier alpha value is -3.55. The van der Waals surface area contributed by atoms with E-state index in [9.17, 15) is 22.0 Å². The van der Waals surface area contributed by atoms with Crippen molar-refractivity contribution in [2.75, 3.05) is 13.7 Å². The number of nitrogens with one attached hydrogen (secondary N) is 1. The molecular weight excluding hydrogens is 610 g/mol. The summed E-state index contributed by atoms with van der Waals surface area (Å²) in [6, 6.07) is 9.95. The number of nitrogens with zero attached hydrogens (tertiary/aromatic N) is 3. The molecule has 0 radical (unpaired) electrons. The van der Waals surface area contributed by atoms with E-state index in [1.54, 1.807) is 18.2 Å². The highest BCUT2D eigenvalue weighted by atomic mass is 79.9. The van der Waals surface area contributed by atoms with E-state index < -0.39 is 46.5 Å². The van der Waals surface area contributed by atoms with Crippen LogP contribution in [0, 0.1) is 0 Å². The summed E-state index contributed by atoms with van der Waals surface area (Å²) < 4.78 is 94.5. The Balaban J connectivity index is 1.39. The molecule has 1 aliphatic rings. The molecule has 0 bridgehead atoms. The van der Waals surface area contributed by atoms with Crippen LogP contribution in [0.25, 0.3) is 22.2 Å². The first-order valence-corrected chi connectivity index (χ1v) is 14.0. The molecule has 4 aromatic rings. The molecule has 208 valence electrons. The van der Waals surface area contributed by atoms with Crippen molar-refractivity contribution in [1.82, 2.24) is 20.3 Å². The van der Waals surface area contributed by atoms with Crippen LogP contribution in [0.1, 0.15) is 45.8 Å². The maximum Gasteiger partial charge on any atom is 0.251 e. The summed E-state index contributed by atoms with van der Waals surface area (Å²) in [5.74, 6) is -0.756. The van der Waals surface area contributed by atoms with Crippen LogP contribution in [-0.4, -0.2) is 48.5 Å². The van der Waals surface area contributed by atoms with Crippen molar-refractivity contribution >= 4 is 42.6 Å². The molecule has 40 heavy (non-hydrogen) atoms. The van der Waals surface area contributed by atoms with Gasteiger partial charge in [0.15, 0.2) is 0 Å². The number of carbonyl (C=O) groups is 1. The van der Waals surface area contributed by atoms with Gasteiger partial charge in [-0.05, 0) is 49.3 Å². The van der Waals surface area contributed by atoms with Crippen LogP contribution in [-0.2, 0) is 27.7 Å². The van der Waals surface area contributed by atoms with Crippen LogP contribution >= 0.6 is 15.9 Å². The fourth-order valence-electron chi connectivity index (χ4n) is 4.11. The zero-order valence-corrected chi connectivity index (χ0v) is 23.1. The predicted octanol–water partition coefficient (Wildman–Crippen LogP) is 5.02. The van der Waals surface area contributed by atoms with Gasteiger partial charge in [-0.3, -0.25) is 9.78 Å². The third-order valence-corrected chi connectivity index (χ3v) is 8.66. The van der Waals surface area contributed by atoms with Gasteiger partial charge >= 0.3 is 0 Å². The van der Waals surface area contributed by atoms with Gasteiger partial charge in [-0.2, -0.15) is 0 Å². The van der Waals surface area contributed by atoms with Crippen molar-refractivity contribution in [2.24, 2.45) is 0 Å². The second kappa shape index (κ2) is 11.1. The average molecular weight is 637 g/mol. The number of benzene rings is 1. The van der Waals surface area contributed by atoms with E-state index in [1.807, 2.05) is 0 Å². The molecule has 1 aromatic carbocycles. The van der Waals surface area contributed by atoms with Crippen molar-refractivity contribution < 1.29 is 36.9 Å². The molecule has 0 fully saturated rings. The third kappa shape index (κ3) is 5.40. The quantitative estimate of drug-likeness (QED) is 0.313. The van der Waals surface area contributed by atoms with Crippen molar-refractivity contribution in [3.05, 3.63) is 75.6 Å². The van der Waals surface area contributed by atoms with Gasteiger partial charge in [-0.15, -0.1) is 0 Å². The number of amides is 1. The van der Waals surface area contributed by atoms with E-state index in [2.05, 4.69) is 36.2 Å². The molecule has 5 rings (SSSR count). The van der Waals surface area contributed by atoms with Gasteiger partial charge in [-0.1, -0.05) is 15.9 Å². The number of fused-ring (bicyclic) bond motifs is 2. The van der Waals surface area contributed by atoms with Crippen LogP contribution in [0.15, 0.2) is 58.0 Å². The maximum absolute atomic E-state index is 14.7. The summed E-state index contributed by atoms with van der Waals surface area (Å²) in [5, 5.41) is 3.31. The van der Waals surface area contributed by atoms with Crippen LogP contribution in [0.4, 0.5) is 8.78 Å². The lowest BCUT2D eigenvalue weighted by Gasteiger charge is -2.12. The highest BCUT2D eigenvalue weighted by molar-refractivity contribution is 9.10. The van der Waals surface area contributed by atoms with E-state index in [-0.39, 0.29) is 39.5 Å². The standard InChI is InChI=1S/C27H23BrF2N4O5S/c1-14(29)21-6-4-18(27(34-21)38-2)22-5-3-15-10-31-17(9-23(15)33-22)11-32-26(35)16-7-20(28)19-12-39-13-25(30)40(36,37)24(19)8-16/h3-10,14,25H,11-13H2,1-2H3,(H,32,35)/t14-,25-/m1/s1/i1D3,14D. The van der Waals surface area contributed by atoms with Crippen molar-refractivity contribution in [3.63, 3.8) is 0 Å².